The van der Waals surface area contributed by atoms with Gasteiger partial charge in [-0.05, 0) is 0 Å². The van der Waals surface area contributed by atoms with Gasteiger partial charge in [-0.25, -0.2) is 4.98 Å². The Kier molecular flexibility index (Phi) is 2.10. The van der Waals surface area contributed by atoms with Gasteiger partial charge in [0.15, 0.2) is 5.82 Å². The third kappa shape index (κ3) is 1.33. The molecule has 0 spiro atoms. The average Bonchev–Trinajstić information content (AvgIpc) is 2.83. The number of hydrogen-bond donors (Lipinski definition) is 0. The molecule has 0 fully saturated rings. The molecule has 0 unspecified atom stereocenters. The first-order chi connectivity index (χ1) is 7.29. The van der Waals surface area contributed by atoms with Crippen LogP contribution in [0, 0.1) is 0 Å². The largest absolute Gasteiger partial charge is 0.254 e. The highest BCUT2D eigenvalue weighted by Crippen LogP contribution is 2.33. The molecule has 1 aliphatic heterocycles. The van der Waals surface area contributed by atoms with E-state index in [1.54, 1.807) is 4.52 Å². The molecule has 0 atom stereocenters. The van der Waals surface area contributed by atoms with Crippen LogP contribution in [0.3, 0.4) is 0 Å². The second-order valence-corrected chi connectivity index (χ2v) is 4.76. The smallest absolute Gasteiger partial charge is 0.215 e. The third-order valence-corrected chi connectivity index (χ3v) is 3.81. The van der Waals surface area contributed by atoms with Crippen molar-refractivity contribution in [2.45, 2.75) is 24.9 Å². The lowest BCUT2D eigenvalue weighted by Gasteiger charge is -2.01. The highest BCUT2D eigenvalue weighted by molar-refractivity contribution is 7.98. The molecular weight excluding hydrogens is 232 g/mol. The molecule has 0 aliphatic carbocycles. The quantitative estimate of drug-likeness (QED) is 0.716. The van der Waals surface area contributed by atoms with Crippen molar-refractivity contribution in [3.05, 3.63) is 22.2 Å². The maximum atomic E-state index is 6.26. The Labute approximate surface area is 96.1 Å². The van der Waals surface area contributed by atoms with Crippen molar-refractivity contribution in [2.24, 2.45) is 0 Å². The van der Waals surface area contributed by atoms with E-state index in [9.17, 15) is 0 Å². The Morgan fingerprint density at radius 2 is 2.27 bits per heavy atom. The van der Waals surface area contributed by atoms with Gasteiger partial charge in [-0.2, -0.15) is 21.3 Å². The number of aromatic nitrogens is 4. The molecule has 0 N–H and O–H groups in total. The molecule has 2 aromatic heterocycles. The van der Waals surface area contributed by atoms with Crippen molar-refractivity contribution in [1.82, 2.24) is 19.6 Å². The Morgan fingerprint density at radius 3 is 3.07 bits per heavy atom. The van der Waals surface area contributed by atoms with Crippen LogP contribution in [0.5, 0.6) is 0 Å². The second-order valence-electron chi connectivity index (χ2n) is 3.41. The fourth-order valence-electron chi connectivity index (χ4n) is 1.65. The highest BCUT2D eigenvalue weighted by Gasteiger charge is 2.20. The molecule has 4 nitrogen and oxygen atoms in total. The first kappa shape index (κ1) is 9.42. The molecule has 3 rings (SSSR count). The number of hydrogen-bond acceptors (Lipinski definition) is 4. The van der Waals surface area contributed by atoms with Crippen molar-refractivity contribution in [3.8, 4) is 0 Å². The molecule has 0 amide bonds. The van der Waals surface area contributed by atoms with E-state index in [-0.39, 0.29) is 0 Å². The number of halogens is 1. The van der Waals surface area contributed by atoms with Gasteiger partial charge in [0.05, 0.1) is 5.69 Å². The van der Waals surface area contributed by atoms with E-state index in [0.717, 1.165) is 35.0 Å². The van der Waals surface area contributed by atoms with Gasteiger partial charge in [-0.1, -0.05) is 18.5 Å². The molecule has 1 aliphatic rings. The van der Waals surface area contributed by atoms with Gasteiger partial charge < -0.3 is 0 Å². The molecule has 0 saturated heterocycles. The van der Waals surface area contributed by atoms with E-state index < -0.39 is 0 Å². The normalized spacial score (nSPS) is 14.8. The van der Waals surface area contributed by atoms with Gasteiger partial charge in [-0.3, -0.25) is 0 Å². The zero-order valence-electron chi connectivity index (χ0n) is 8.20. The summed E-state index contributed by atoms with van der Waals surface area (Å²) in [4.78, 5) is 8.79. The number of thioether (sulfide) groups is 1. The van der Waals surface area contributed by atoms with E-state index in [1.807, 2.05) is 18.7 Å². The lowest BCUT2D eigenvalue weighted by atomic mass is 10.3. The van der Waals surface area contributed by atoms with E-state index in [4.69, 9.17) is 11.6 Å². The number of nitrogens with zero attached hydrogens (tertiary/aromatic N) is 4. The SMILES string of the molecule is CCc1nc2nc3c(c(Cl)n2n1)CSC3. The summed E-state index contributed by atoms with van der Waals surface area (Å²) in [6.45, 7) is 2.02. The van der Waals surface area contributed by atoms with Crippen LogP contribution in [-0.4, -0.2) is 19.6 Å². The van der Waals surface area contributed by atoms with Gasteiger partial charge in [0.25, 0.3) is 5.78 Å². The summed E-state index contributed by atoms with van der Waals surface area (Å²) in [5.74, 6) is 3.28. The lowest BCUT2D eigenvalue weighted by molar-refractivity contribution is 0.870. The van der Waals surface area contributed by atoms with E-state index in [2.05, 4.69) is 15.1 Å². The van der Waals surface area contributed by atoms with Crippen LogP contribution < -0.4 is 0 Å². The Balaban J connectivity index is 2.33. The van der Waals surface area contributed by atoms with E-state index in [1.165, 1.54) is 0 Å². The zero-order valence-corrected chi connectivity index (χ0v) is 9.77. The maximum Gasteiger partial charge on any atom is 0.254 e. The average molecular weight is 241 g/mol. The van der Waals surface area contributed by atoms with Gasteiger partial charge in [-0.15, -0.1) is 5.10 Å². The first-order valence-electron chi connectivity index (χ1n) is 4.80. The number of fused-ring (bicyclic) bond motifs is 2. The predicted octanol–water partition coefficient (Wildman–Crippen LogP) is 2.09. The standard InChI is InChI=1S/C9H9ClN4S/c1-2-7-12-9-11-6-4-15-3-5(6)8(10)14(9)13-7/h2-4H2,1H3. The number of aryl methyl sites for hydroxylation is 1. The van der Waals surface area contributed by atoms with Crippen LogP contribution in [0.25, 0.3) is 5.78 Å². The Morgan fingerprint density at radius 1 is 1.40 bits per heavy atom. The summed E-state index contributed by atoms with van der Waals surface area (Å²) in [5, 5.41) is 4.98. The molecule has 78 valence electrons. The summed E-state index contributed by atoms with van der Waals surface area (Å²) in [6.07, 6.45) is 0.805. The molecular formula is C9H9ClN4S. The molecule has 0 bridgehead atoms. The zero-order chi connectivity index (χ0) is 10.4. The maximum absolute atomic E-state index is 6.26. The van der Waals surface area contributed by atoms with Crippen molar-refractivity contribution in [1.29, 1.82) is 0 Å². The lowest BCUT2D eigenvalue weighted by Crippen LogP contribution is -1.99. The first-order valence-corrected chi connectivity index (χ1v) is 6.33. The summed E-state index contributed by atoms with van der Waals surface area (Å²) < 4.78 is 1.64. The fraction of sp³-hybridized carbons (Fsp3) is 0.444. The highest BCUT2D eigenvalue weighted by atomic mass is 35.5. The number of rotatable bonds is 1. The molecule has 0 saturated carbocycles. The summed E-state index contributed by atoms with van der Waals surface area (Å²) in [6, 6.07) is 0. The fourth-order valence-corrected chi connectivity index (χ4v) is 3.06. The minimum Gasteiger partial charge on any atom is -0.215 e. The van der Waals surface area contributed by atoms with E-state index >= 15 is 0 Å². The predicted molar refractivity (Wildman–Crippen MR) is 60.2 cm³/mol. The molecule has 3 heterocycles. The van der Waals surface area contributed by atoms with Gasteiger partial charge in [0.2, 0.25) is 0 Å². The second kappa shape index (κ2) is 3.35. The molecule has 6 heteroatoms. The molecule has 0 radical (unpaired) electrons. The van der Waals surface area contributed by atoms with Crippen LogP contribution in [0.4, 0.5) is 0 Å². The van der Waals surface area contributed by atoms with Crippen molar-refractivity contribution in [2.75, 3.05) is 0 Å². The van der Waals surface area contributed by atoms with Crippen LogP contribution in [0.1, 0.15) is 24.0 Å². The van der Waals surface area contributed by atoms with Crippen LogP contribution in [0.15, 0.2) is 0 Å². The minimum absolute atomic E-state index is 0.623. The van der Waals surface area contributed by atoms with Gasteiger partial charge in [0.1, 0.15) is 5.15 Å². The Hall–Kier alpha value is -0.810. The van der Waals surface area contributed by atoms with Crippen molar-refractivity contribution >= 4 is 29.1 Å². The monoisotopic (exact) mass is 240 g/mol. The Bertz CT molecular complexity index is 536. The van der Waals surface area contributed by atoms with Crippen molar-refractivity contribution < 1.29 is 0 Å². The van der Waals surface area contributed by atoms with Gasteiger partial charge in [0, 0.05) is 23.5 Å². The molecule has 2 aromatic rings. The summed E-state index contributed by atoms with van der Waals surface area (Å²) in [5.41, 5.74) is 2.18. The molecule has 0 aromatic carbocycles. The van der Waals surface area contributed by atoms with Crippen LogP contribution in [0.2, 0.25) is 5.15 Å². The third-order valence-electron chi connectivity index (χ3n) is 2.45. The van der Waals surface area contributed by atoms with Crippen LogP contribution in [-0.2, 0) is 17.9 Å². The van der Waals surface area contributed by atoms with Gasteiger partial charge >= 0.3 is 0 Å². The van der Waals surface area contributed by atoms with Crippen LogP contribution >= 0.6 is 23.4 Å². The summed E-state index contributed by atoms with van der Waals surface area (Å²) in [7, 11) is 0. The minimum atomic E-state index is 0.623. The molecule has 15 heavy (non-hydrogen) atoms. The summed E-state index contributed by atoms with van der Waals surface area (Å²) >= 11 is 8.09. The topological polar surface area (TPSA) is 43.1 Å². The van der Waals surface area contributed by atoms with E-state index in [0.29, 0.717) is 10.9 Å². The van der Waals surface area contributed by atoms with Crippen molar-refractivity contribution in [3.63, 3.8) is 0 Å².